The highest BCUT2D eigenvalue weighted by Gasteiger charge is 2.28. The van der Waals surface area contributed by atoms with E-state index in [9.17, 15) is 0 Å². The Kier molecular flexibility index (Phi) is 7.67. The van der Waals surface area contributed by atoms with Crippen LogP contribution in [-0.2, 0) is 0 Å². The third kappa shape index (κ3) is 5.18. The van der Waals surface area contributed by atoms with Gasteiger partial charge in [-0.05, 0) is 102 Å². The predicted octanol–water partition coefficient (Wildman–Crippen LogP) is 13.2. The van der Waals surface area contributed by atoms with Gasteiger partial charge in [-0.2, -0.15) is 4.37 Å². The highest BCUT2D eigenvalue weighted by Crippen LogP contribution is 2.53. The Hall–Kier alpha value is -6.44. The van der Waals surface area contributed by atoms with E-state index in [0.717, 1.165) is 84.0 Å². The van der Waals surface area contributed by atoms with Gasteiger partial charge in [-0.15, -0.1) is 0 Å². The van der Waals surface area contributed by atoms with Crippen molar-refractivity contribution in [3.05, 3.63) is 158 Å². The lowest BCUT2D eigenvalue weighted by atomic mass is 10.00. The van der Waals surface area contributed by atoms with Crippen LogP contribution in [0.15, 0.2) is 158 Å². The Morgan fingerprint density at radius 3 is 1.47 bits per heavy atom. The fraction of sp³-hybridized carbons (Fsp3) is 0.0455. The number of rotatable bonds is 4. The smallest absolute Gasteiger partial charge is 0.174 e. The third-order valence-electron chi connectivity index (χ3n) is 9.05. The molecule has 0 fully saturated rings. The molecule has 0 bridgehead atoms. The van der Waals surface area contributed by atoms with E-state index >= 15 is 0 Å². The van der Waals surface area contributed by atoms with Gasteiger partial charge in [0.1, 0.15) is 5.01 Å². The van der Waals surface area contributed by atoms with Crippen molar-refractivity contribution < 1.29 is 9.47 Å². The highest BCUT2D eigenvalue weighted by atomic mass is 32.1. The van der Waals surface area contributed by atoms with E-state index in [2.05, 4.69) is 94.7 Å². The lowest BCUT2D eigenvalue weighted by molar-refractivity contribution is 0.477. The molecule has 0 spiro atoms. The number of para-hydroxylation sites is 8. The lowest BCUT2D eigenvalue weighted by Gasteiger charge is -2.33. The first kappa shape index (κ1) is 30.6. The molecule has 3 heterocycles. The second-order valence-electron chi connectivity index (χ2n) is 11.9. The minimum absolute atomic E-state index is 0.714. The van der Waals surface area contributed by atoms with E-state index in [-0.39, 0.29) is 0 Å². The van der Waals surface area contributed by atoms with Gasteiger partial charge in [0.05, 0.1) is 28.4 Å². The van der Waals surface area contributed by atoms with Crippen LogP contribution in [-0.4, -0.2) is 9.36 Å². The molecule has 6 nitrogen and oxygen atoms in total. The predicted molar refractivity (Wildman–Crippen MR) is 209 cm³/mol. The van der Waals surface area contributed by atoms with Crippen molar-refractivity contribution in [3.8, 4) is 45.0 Å². The summed E-state index contributed by atoms with van der Waals surface area (Å²) < 4.78 is 17.4. The molecule has 0 atom stereocenters. The number of nitrogens with zero attached hydrogens (tertiary/aromatic N) is 4. The van der Waals surface area contributed by atoms with E-state index in [0.29, 0.717) is 5.82 Å². The summed E-state index contributed by atoms with van der Waals surface area (Å²) in [6.07, 6.45) is 0. The van der Waals surface area contributed by atoms with Gasteiger partial charge in [0, 0.05) is 22.2 Å². The zero-order valence-electron chi connectivity index (χ0n) is 28.0. The van der Waals surface area contributed by atoms with Crippen LogP contribution >= 0.6 is 11.5 Å². The summed E-state index contributed by atoms with van der Waals surface area (Å²) in [7, 11) is 0. The summed E-state index contributed by atoms with van der Waals surface area (Å²) in [4.78, 5) is 9.59. The van der Waals surface area contributed by atoms with Crippen molar-refractivity contribution >= 4 is 56.4 Å². The first-order valence-electron chi connectivity index (χ1n) is 17.1. The van der Waals surface area contributed by atoms with Gasteiger partial charge in [0.25, 0.3) is 0 Å². The molecule has 0 saturated heterocycles. The Balaban J connectivity index is 0.00000171. The van der Waals surface area contributed by atoms with Crippen molar-refractivity contribution in [2.75, 3.05) is 9.80 Å². The zero-order chi connectivity index (χ0) is 34.3. The van der Waals surface area contributed by atoms with Crippen LogP contribution in [0.2, 0.25) is 0 Å². The fourth-order valence-electron chi connectivity index (χ4n) is 6.82. The molecular formula is C44H32N4O2S. The van der Waals surface area contributed by atoms with E-state index in [4.69, 9.17) is 18.8 Å². The van der Waals surface area contributed by atoms with E-state index in [1.165, 1.54) is 11.5 Å². The van der Waals surface area contributed by atoms with Crippen LogP contribution in [0.3, 0.4) is 0 Å². The molecule has 8 aromatic rings. The van der Waals surface area contributed by atoms with Crippen LogP contribution in [0.25, 0.3) is 32.7 Å². The standard InChI is InChI=1S/C42H26N4O2S.C2H6/c1-2-12-30-29(11-1)31(25-26-32(30)46-35-15-5-9-19-39(35)48-40-20-10-6-16-36(40)46)41-43-42(49-44-41)27-21-23-28(24-22-27)45-33-13-3-7-17-37(33)47-38-18-8-4-14-34(38)45;1-2/h1-26H;1-2H3. The summed E-state index contributed by atoms with van der Waals surface area (Å²) in [5, 5.41) is 3.07. The maximum absolute atomic E-state index is 6.28. The molecule has 0 unspecified atom stereocenters. The van der Waals surface area contributed by atoms with E-state index in [1.54, 1.807) is 0 Å². The first-order valence-corrected chi connectivity index (χ1v) is 17.9. The summed E-state index contributed by atoms with van der Waals surface area (Å²) >= 11 is 1.42. The average Bonchev–Trinajstić information content (AvgIpc) is 3.70. The van der Waals surface area contributed by atoms with Crippen LogP contribution in [0.1, 0.15) is 13.8 Å². The molecule has 7 aromatic carbocycles. The Morgan fingerprint density at radius 1 is 0.451 bits per heavy atom. The fourth-order valence-corrected chi connectivity index (χ4v) is 7.50. The molecule has 1 aromatic heterocycles. The summed E-state index contributed by atoms with van der Waals surface area (Å²) in [5.74, 6) is 4.03. The minimum Gasteiger partial charge on any atom is -0.453 e. The second-order valence-corrected chi connectivity index (χ2v) is 12.6. The molecule has 2 aliphatic heterocycles. The normalized spacial score (nSPS) is 12.4. The number of ether oxygens (including phenoxy) is 2. The minimum atomic E-state index is 0.714. The van der Waals surface area contributed by atoms with Crippen LogP contribution in [0, 0.1) is 0 Å². The number of aromatic nitrogens is 2. The molecule has 0 aliphatic carbocycles. The SMILES string of the molecule is CC.c1ccc2c(c1)Oc1ccccc1N2c1ccc(-c2nc(-c3ccc(N4c5ccccc5Oc5ccccc54)c4ccccc34)ns2)cc1. The molecule has 0 amide bonds. The number of hydrogen-bond acceptors (Lipinski definition) is 7. The zero-order valence-corrected chi connectivity index (χ0v) is 28.8. The van der Waals surface area contributed by atoms with Gasteiger partial charge in [0.2, 0.25) is 0 Å². The Morgan fingerprint density at radius 2 is 0.922 bits per heavy atom. The van der Waals surface area contributed by atoms with Crippen molar-refractivity contribution in [1.82, 2.24) is 9.36 Å². The second kappa shape index (κ2) is 12.8. The van der Waals surface area contributed by atoms with Crippen molar-refractivity contribution in [3.63, 3.8) is 0 Å². The number of benzene rings is 7. The van der Waals surface area contributed by atoms with Gasteiger partial charge >= 0.3 is 0 Å². The monoisotopic (exact) mass is 680 g/mol. The van der Waals surface area contributed by atoms with Crippen molar-refractivity contribution in [1.29, 1.82) is 0 Å². The molecule has 2 aliphatic rings. The molecule has 51 heavy (non-hydrogen) atoms. The van der Waals surface area contributed by atoms with Gasteiger partial charge in [-0.25, -0.2) is 4.98 Å². The molecule has 246 valence electrons. The van der Waals surface area contributed by atoms with E-state index in [1.807, 2.05) is 86.6 Å². The largest absolute Gasteiger partial charge is 0.453 e. The topological polar surface area (TPSA) is 50.7 Å². The summed E-state index contributed by atoms with van der Waals surface area (Å²) in [6, 6.07) is 53.9. The van der Waals surface area contributed by atoms with Crippen molar-refractivity contribution in [2.24, 2.45) is 0 Å². The maximum Gasteiger partial charge on any atom is 0.174 e. The Bertz CT molecular complexity index is 2450. The van der Waals surface area contributed by atoms with Gasteiger partial charge < -0.3 is 19.3 Å². The molecule has 0 saturated carbocycles. The third-order valence-corrected chi connectivity index (χ3v) is 9.81. The molecule has 0 radical (unpaired) electrons. The lowest BCUT2D eigenvalue weighted by Crippen LogP contribution is -2.16. The molecular weight excluding hydrogens is 649 g/mol. The van der Waals surface area contributed by atoms with E-state index < -0.39 is 0 Å². The van der Waals surface area contributed by atoms with Crippen molar-refractivity contribution in [2.45, 2.75) is 13.8 Å². The molecule has 7 heteroatoms. The number of fused-ring (bicyclic) bond motifs is 5. The van der Waals surface area contributed by atoms with Crippen LogP contribution in [0.4, 0.5) is 34.1 Å². The molecule has 0 N–H and O–H groups in total. The highest BCUT2D eigenvalue weighted by molar-refractivity contribution is 7.09. The quantitative estimate of drug-likeness (QED) is 0.184. The Labute approximate surface area is 300 Å². The maximum atomic E-state index is 6.28. The summed E-state index contributed by atoms with van der Waals surface area (Å²) in [6.45, 7) is 4.00. The first-order chi connectivity index (χ1) is 25.3. The number of anilines is 6. The van der Waals surface area contributed by atoms with Gasteiger partial charge in [0.15, 0.2) is 28.8 Å². The van der Waals surface area contributed by atoms with Crippen LogP contribution < -0.4 is 19.3 Å². The van der Waals surface area contributed by atoms with Gasteiger partial charge in [-0.3, -0.25) is 0 Å². The summed E-state index contributed by atoms with van der Waals surface area (Å²) in [5.41, 5.74) is 8.14. The number of hydrogen-bond donors (Lipinski definition) is 0. The molecule has 10 rings (SSSR count). The van der Waals surface area contributed by atoms with Gasteiger partial charge in [-0.1, -0.05) is 86.6 Å². The van der Waals surface area contributed by atoms with Crippen LogP contribution in [0.5, 0.6) is 23.0 Å². The average molecular weight is 681 g/mol.